The molecule has 0 aliphatic carbocycles. The van der Waals surface area contributed by atoms with Crippen molar-refractivity contribution in [2.45, 2.75) is 189 Å². The zero-order chi connectivity index (χ0) is 68.7. The number of fused-ring (bicyclic) bond motifs is 7. The van der Waals surface area contributed by atoms with E-state index in [1.54, 1.807) is 6.92 Å². The summed E-state index contributed by atoms with van der Waals surface area (Å²) in [7, 11) is -5.32. The molecule has 1 unspecified atom stereocenters. The first kappa shape index (κ1) is 75.0. The maximum Gasteiger partial charge on any atom is 3.00 e. The number of aryl methyl sites for hydroxylation is 2. The van der Waals surface area contributed by atoms with Crippen LogP contribution < -0.4 is 44.6 Å². The smallest absolute Gasteiger partial charge is 0.756 e. The molecule has 0 spiro atoms. The quantitative estimate of drug-likeness (QED) is 0.0481. The van der Waals surface area contributed by atoms with Crippen molar-refractivity contribution >= 4 is 77.3 Å². The van der Waals surface area contributed by atoms with Crippen LogP contribution in [-0.2, 0) is 68.7 Å². The van der Waals surface area contributed by atoms with Gasteiger partial charge in [-0.3, -0.25) is 53.1 Å². The minimum Gasteiger partial charge on any atom is -0.756 e. The van der Waals surface area contributed by atoms with Crippen LogP contribution in [0, 0.1) is 71.0 Å². The van der Waals surface area contributed by atoms with Gasteiger partial charge in [-0.25, -0.2) is 4.98 Å². The van der Waals surface area contributed by atoms with Crippen molar-refractivity contribution in [3.05, 3.63) is 75.8 Å². The number of aliphatic hydroxyl groups excluding tert-OH is 2. The van der Waals surface area contributed by atoms with Crippen molar-refractivity contribution in [2.24, 2.45) is 94.7 Å². The van der Waals surface area contributed by atoms with E-state index < -0.39 is 143 Å². The number of aromatic nitrogens is 2. The first-order valence-corrected chi connectivity index (χ1v) is 32.2. The van der Waals surface area contributed by atoms with Crippen LogP contribution in [0.1, 0.15) is 150 Å². The van der Waals surface area contributed by atoms with E-state index in [1.165, 1.54) is 17.8 Å². The predicted molar refractivity (Wildman–Crippen MR) is 337 cm³/mol. The number of nitrogens with one attached hydrogen (secondary N) is 1. The number of allylic oxidation sites excluding steroid dienone is 6. The molecule has 1 aromatic heterocycles. The number of rotatable bonds is 26. The number of aliphatic imine (C=N–C) groups is 3. The molecular formula is C63H88CoN14O14P. The van der Waals surface area contributed by atoms with Crippen LogP contribution in [0.5, 0.6) is 0 Å². The molecule has 1 aromatic carbocycles. The summed E-state index contributed by atoms with van der Waals surface area (Å²) >= 11 is 0. The number of carbonyl (C=O) groups is 7. The normalized spacial score (nSPS) is 33.1. The fourth-order valence-electron chi connectivity index (χ4n) is 15.3. The Bertz CT molecular complexity index is 3600. The third-order valence-corrected chi connectivity index (χ3v) is 21.6. The van der Waals surface area contributed by atoms with Crippen molar-refractivity contribution in [3.63, 3.8) is 0 Å². The van der Waals surface area contributed by atoms with Crippen molar-refractivity contribution in [1.29, 1.82) is 5.26 Å². The van der Waals surface area contributed by atoms with Gasteiger partial charge in [0, 0.05) is 108 Å². The second-order valence-electron chi connectivity index (χ2n) is 27.0. The zero-order valence-corrected chi connectivity index (χ0v) is 56.4. The number of aliphatic hydroxyl groups is 2. The largest absolute Gasteiger partial charge is 3.00 e. The second kappa shape index (κ2) is 28.5. The van der Waals surface area contributed by atoms with E-state index in [0.29, 0.717) is 56.4 Å². The summed E-state index contributed by atoms with van der Waals surface area (Å²) in [5.74, 6) is -7.40. The van der Waals surface area contributed by atoms with E-state index in [1.807, 2.05) is 80.5 Å². The summed E-state index contributed by atoms with van der Waals surface area (Å²) in [6.45, 7) is 23.7. The summed E-state index contributed by atoms with van der Waals surface area (Å²) in [4.78, 5) is 128. The van der Waals surface area contributed by atoms with Gasteiger partial charge in [-0.15, -0.1) is 0 Å². The number of nitrogens with zero attached hydrogens (tertiary/aromatic N) is 7. The van der Waals surface area contributed by atoms with Gasteiger partial charge in [-0.1, -0.05) is 40.7 Å². The van der Waals surface area contributed by atoms with Gasteiger partial charge in [-0.05, 0) is 119 Å². The molecule has 8 rings (SSSR count). The Hall–Kier alpha value is -7.00. The molecule has 30 heteroatoms. The van der Waals surface area contributed by atoms with Crippen LogP contribution in [0.3, 0.4) is 0 Å². The van der Waals surface area contributed by atoms with Crippen molar-refractivity contribution in [1.82, 2.24) is 14.9 Å². The number of ether oxygens (including phenoxy) is 1. The Morgan fingerprint density at radius 1 is 0.806 bits per heavy atom. The molecule has 2 aromatic rings. The predicted octanol–water partition coefficient (Wildman–Crippen LogP) is 3.41. The molecule has 28 nitrogen and oxygen atoms in total. The van der Waals surface area contributed by atoms with E-state index in [-0.39, 0.29) is 94.0 Å². The Kier molecular flexibility index (Phi) is 23.0. The monoisotopic (exact) mass is 1350 g/mol. The number of primary amides is 6. The number of phosphoric ester groups is 1. The first-order chi connectivity index (χ1) is 42.8. The number of phosphoric acid groups is 1. The molecule has 8 bridgehead atoms. The van der Waals surface area contributed by atoms with E-state index in [2.05, 4.69) is 10.3 Å². The zero-order valence-electron chi connectivity index (χ0n) is 54.4. The first-order valence-electron chi connectivity index (χ1n) is 30.7. The molecule has 2 fully saturated rings. The maximum atomic E-state index is 14.4. The molecule has 7 heterocycles. The third kappa shape index (κ3) is 14.6. The van der Waals surface area contributed by atoms with Crippen LogP contribution >= 0.6 is 7.82 Å². The van der Waals surface area contributed by atoms with Gasteiger partial charge in [0.25, 0.3) is 7.82 Å². The average Bonchev–Trinajstić information content (AvgIpc) is 1.53. The summed E-state index contributed by atoms with van der Waals surface area (Å²) < 4.78 is 31.9. The fourth-order valence-corrected chi connectivity index (χ4v) is 16.4. The number of hydrogen-bond donors (Lipinski definition) is 9. The average molecular weight is 1360 g/mol. The molecule has 2 saturated heterocycles. The van der Waals surface area contributed by atoms with Crippen LogP contribution in [0.15, 0.2) is 67.8 Å². The molecule has 15 N–H and O–H groups in total. The van der Waals surface area contributed by atoms with Crippen LogP contribution in [0.4, 0.5) is 0 Å². The number of amides is 7. The standard InChI is InChI=1S/C62H90N13O14P.CN.Co/c1-29-20-39-40(21-30(29)2)75(28-70-39)57-52(84)53(41(27-76)87-57)89-90(85,86)88-31(3)26-69-49(83)18-19-59(8)37(22-46(66)80)56-62(11)61(10,25-48(68)82)36(14-17-45(65)79)51(74-62)33(5)55-60(9,24-47(67)81)34(12-15-43(63)77)38(71-55)23-42-58(6,7)35(13-16-44(64)78)50(72-42)32(4)54(59)73-56;1-2;/h20-21,23,28,31,34-37,41,52-53,56-57,76,84H,12-19,22,24-27H2,1-11H3,(H15,63,64,65,66,67,68,69,71,72,73,74,77,78,79,80,81,82,83,85,86);;/q;-1;+3/p-2/t31-,34-,35-,36+,37+,41-,52+,53-,56-,57+,59-,60+,61+,62+;;/m1../s1. The minimum atomic E-state index is -5.32. The summed E-state index contributed by atoms with van der Waals surface area (Å²) in [6, 6.07) is 2.65. The summed E-state index contributed by atoms with van der Waals surface area (Å²) in [5, 5.41) is 36.4. The topological polar surface area (TPSA) is 489 Å². The van der Waals surface area contributed by atoms with Gasteiger partial charge in [0.1, 0.15) is 18.3 Å². The molecule has 93 heavy (non-hydrogen) atoms. The molecule has 15 atom stereocenters. The van der Waals surface area contributed by atoms with Crippen LogP contribution in [0.2, 0.25) is 0 Å². The van der Waals surface area contributed by atoms with Crippen LogP contribution in [-0.4, -0.2) is 127 Å². The van der Waals surface area contributed by atoms with E-state index in [9.17, 15) is 53.2 Å². The number of hydrogen-bond acceptors (Lipinski definition) is 19. The molecule has 6 aliphatic rings. The van der Waals surface area contributed by atoms with E-state index in [4.69, 9.17) is 80.3 Å². The molecule has 508 valence electrons. The molecular weight excluding hydrogens is 1270 g/mol. The molecule has 7 amide bonds. The van der Waals surface area contributed by atoms with Gasteiger partial charge >= 0.3 is 16.8 Å². The summed E-state index contributed by atoms with van der Waals surface area (Å²) in [5.41, 5.74) is 36.7. The summed E-state index contributed by atoms with van der Waals surface area (Å²) in [6.07, 6.45) is -4.79. The second-order valence-corrected chi connectivity index (χ2v) is 28.3. The van der Waals surface area contributed by atoms with E-state index >= 15 is 0 Å². The third-order valence-electron chi connectivity index (χ3n) is 20.5. The van der Waals surface area contributed by atoms with Gasteiger partial charge in [-0.2, -0.15) is 5.70 Å². The number of benzene rings is 1. The van der Waals surface area contributed by atoms with Gasteiger partial charge in [0.15, 0.2) is 6.23 Å². The maximum absolute atomic E-state index is 14.4. The number of imidazole rings is 1. The Labute approximate surface area is 551 Å². The fraction of sp³-hybridized carbons (Fsp3) is 0.619. The van der Waals surface area contributed by atoms with Gasteiger partial charge < -0.3 is 90.3 Å². The molecule has 0 saturated carbocycles. The minimum absolute atomic E-state index is 0. The van der Waals surface area contributed by atoms with E-state index in [0.717, 1.165) is 11.1 Å². The van der Waals surface area contributed by atoms with Crippen molar-refractivity contribution < 1.29 is 83.8 Å². The van der Waals surface area contributed by atoms with Crippen molar-refractivity contribution in [3.8, 4) is 0 Å². The number of carbonyl (C=O) groups excluding carboxylic acids is 7. The Balaban J connectivity index is 0.00000453. The SMILES string of the molecule is C/C1=C2/[N-][C@H]([C@H](CC(N)=O)[C@@]2(C)CCC(=O)NC[C@@H](C)OP(=O)([O-])O[C@H]2[C@H](O)[C@@H](n3cnc4cc(C)c(C)cc43)O[C@@H]2CO)[C@]2(C)N=C(/C(C)=C3N=C(/C=C4N=C1[C@@H](CCC(N)=O)C\4(C)C)[C@@H](CCC(N)=O)[C@]\3(C)CC(N)=O)[C@H](CCC(N)=O)[C@]2(C)CC(N)=O.[C-]#N.[Co+3]. The number of nitrogens with two attached hydrogens (primary N) is 6. The van der Waals surface area contributed by atoms with Gasteiger partial charge in [0.05, 0.1) is 41.3 Å². The molecule has 6 aliphatic heterocycles. The van der Waals surface area contributed by atoms with Gasteiger partial charge in [0.2, 0.25) is 41.4 Å². The Morgan fingerprint density at radius 2 is 1.39 bits per heavy atom. The Morgan fingerprint density at radius 3 is 1.96 bits per heavy atom. The molecule has 0 radical (unpaired) electrons. The van der Waals surface area contributed by atoms with Crippen molar-refractivity contribution in [2.75, 3.05) is 13.2 Å². The van der Waals surface area contributed by atoms with Crippen LogP contribution in [0.25, 0.3) is 16.4 Å².